The number of hydrogen-bond donors (Lipinski definition) is 1. The van der Waals surface area contributed by atoms with Crippen molar-refractivity contribution in [2.45, 2.75) is 18.9 Å². The van der Waals surface area contributed by atoms with E-state index in [-0.39, 0.29) is 11.9 Å². The molecule has 1 fully saturated rings. The molecule has 0 saturated carbocycles. The highest BCUT2D eigenvalue weighted by atomic mass is 16.5. The highest BCUT2D eigenvalue weighted by molar-refractivity contribution is 6.01. The van der Waals surface area contributed by atoms with Crippen LogP contribution < -0.4 is 5.32 Å². The summed E-state index contributed by atoms with van der Waals surface area (Å²) in [5, 5.41) is 3.93. The Balaban J connectivity index is 1.73. The van der Waals surface area contributed by atoms with E-state index < -0.39 is 0 Å². The maximum absolute atomic E-state index is 12.7. The van der Waals surface area contributed by atoms with Crippen LogP contribution in [-0.4, -0.2) is 40.1 Å². The second-order valence-corrected chi connectivity index (χ2v) is 6.07. The minimum absolute atomic E-state index is 0.0422. The molecule has 1 N–H and O–H groups in total. The van der Waals surface area contributed by atoms with Crippen molar-refractivity contribution in [3.8, 4) is 11.1 Å². The lowest BCUT2D eigenvalue weighted by Crippen LogP contribution is -2.40. The summed E-state index contributed by atoms with van der Waals surface area (Å²) in [6.07, 6.45) is 8.82. The third-order valence-corrected chi connectivity index (χ3v) is 4.33. The van der Waals surface area contributed by atoms with Gasteiger partial charge in [0.15, 0.2) is 0 Å². The Morgan fingerprint density at radius 3 is 2.80 bits per heavy atom. The number of carbonyl (C=O) groups is 1. The zero-order valence-corrected chi connectivity index (χ0v) is 13.7. The maximum atomic E-state index is 12.7. The van der Waals surface area contributed by atoms with E-state index in [4.69, 9.17) is 4.74 Å². The monoisotopic (exact) mass is 334 g/mol. The lowest BCUT2D eigenvalue weighted by atomic mass is 10.0. The van der Waals surface area contributed by atoms with E-state index in [9.17, 15) is 4.79 Å². The topological polar surface area (TPSA) is 77.0 Å². The van der Waals surface area contributed by atoms with Crippen molar-refractivity contribution in [1.82, 2.24) is 20.3 Å². The van der Waals surface area contributed by atoms with Gasteiger partial charge in [0.05, 0.1) is 18.2 Å². The summed E-state index contributed by atoms with van der Waals surface area (Å²) >= 11 is 0. The van der Waals surface area contributed by atoms with Gasteiger partial charge >= 0.3 is 0 Å². The van der Waals surface area contributed by atoms with Crippen LogP contribution in [0, 0.1) is 0 Å². The van der Waals surface area contributed by atoms with E-state index in [2.05, 4.69) is 20.3 Å². The molecule has 25 heavy (non-hydrogen) atoms. The quantitative estimate of drug-likeness (QED) is 0.797. The first kappa shape index (κ1) is 15.7. The van der Waals surface area contributed by atoms with Gasteiger partial charge in [0.25, 0.3) is 5.91 Å². The molecular formula is C19H18N4O2. The first-order valence-corrected chi connectivity index (χ1v) is 8.35. The largest absolute Gasteiger partial charge is 0.379 e. The highest BCUT2D eigenvalue weighted by Gasteiger charge is 2.19. The molecule has 126 valence electrons. The number of pyridine rings is 3. The van der Waals surface area contributed by atoms with Crippen molar-refractivity contribution in [2.75, 3.05) is 13.2 Å². The molecule has 0 bridgehead atoms. The predicted octanol–water partition coefficient (Wildman–Crippen LogP) is 2.60. The second-order valence-electron chi connectivity index (χ2n) is 6.07. The molecule has 6 heteroatoms. The Bertz CT molecular complexity index is 892. The van der Waals surface area contributed by atoms with Crippen molar-refractivity contribution in [3.63, 3.8) is 0 Å². The summed E-state index contributed by atoms with van der Waals surface area (Å²) < 4.78 is 5.43. The van der Waals surface area contributed by atoms with Gasteiger partial charge in [0.1, 0.15) is 5.69 Å². The number of amides is 1. The van der Waals surface area contributed by atoms with Crippen LogP contribution in [0.15, 0.2) is 49.1 Å². The Morgan fingerprint density at radius 1 is 1.16 bits per heavy atom. The molecule has 0 aliphatic carbocycles. The number of fused-ring (bicyclic) bond motifs is 1. The van der Waals surface area contributed by atoms with Gasteiger partial charge in [-0.15, -0.1) is 0 Å². The third kappa shape index (κ3) is 3.34. The van der Waals surface area contributed by atoms with Gasteiger partial charge in [-0.05, 0) is 48.2 Å². The van der Waals surface area contributed by atoms with E-state index >= 15 is 0 Å². The third-order valence-electron chi connectivity index (χ3n) is 4.33. The van der Waals surface area contributed by atoms with E-state index in [1.165, 1.54) is 0 Å². The van der Waals surface area contributed by atoms with Crippen molar-refractivity contribution >= 4 is 16.8 Å². The van der Waals surface area contributed by atoms with Crippen LogP contribution in [0.1, 0.15) is 23.3 Å². The van der Waals surface area contributed by atoms with Gasteiger partial charge < -0.3 is 10.1 Å². The minimum Gasteiger partial charge on any atom is -0.379 e. The number of rotatable bonds is 3. The van der Waals surface area contributed by atoms with Gasteiger partial charge in [-0.2, -0.15) is 0 Å². The minimum atomic E-state index is -0.176. The zero-order valence-electron chi connectivity index (χ0n) is 13.7. The van der Waals surface area contributed by atoms with Crippen LogP contribution >= 0.6 is 0 Å². The molecule has 1 unspecified atom stereocenters. The molecule has 4 heterocycles. The molecule has 1 aliphatic rings. The first-order valence-electron chi connectivity index (χ1n) is 8.35. The SMILES string of the molecule is O=C(NC1CCCOC1)c1cc(-c2ccncc2)c2cnccc2n1. The molecule has 3 aromatic rings. The fourth-order valence-corrected chi connectivity index (χ4v) is 3.07. The fraction of sp³-hybridized carbons (Fsp3) is 0.263. The molecular weight excluding hydrogens is 316 g/mol. The van der Waals surface area contributed by atoms with Crippen LogP contribution in [-0.2, 0) is 4.74 Å². The molecule has 1 saturated heterocycles. The van der Waals surface area contributed by atoms with Crippen LogP contribution in [0.3, 0.4) is 0 Å². The number of nitrogens with one attached hydrogen (secondary N) is 1. The van der Waals surface area contributed by atoms with Crippen LogP contribution in [0.4, 0.5) is 0 Å². The van der Waals surface area contributed by atoms with Crippen molar-refractivity contribution in [1.29, 1.82) is 0 Å². The summed E-state index contributed by atoms with van der Waals surface area (Å²) in [6, 6.07) is 7.51. The lowest BCUT2D eigenvalue weighted by Gasteiger charge is -2.23. The summed E-state index contributed by atoms with van der Waals surface area (Å²) in [6.45, 7) is 1.32. The number of ether oxygens (including phenoxy) is 1. The predicted molar refractivity (Wildman–Crippen MR) is 94.1 cm³/mol. The molecule has 6 nitrogen and oxygen atoms in total. The number of nitrogens with zero attached hydrogens (tertiary/aromatic N) is 3. The zero-order chi connectivity index (χ0) is 17.1. The summed E-state index contributed by atoms with van der Waals surface area (Å²) in [7, 11) is 0. The van der Waals surface area contributed by atoms with Gasteiger partial charge in [-0.25, -0.2) is 4.98 Å². The van der Waals surface area contributed by atoms with Crippen LogP contribution in [0.2, 0.25) is 0 Å². The summed E-state index contributed by atoms with van der Waals surface area (Å²) in [4.78, 5) is 25.5. The van der Waals surface area contributed by atoms with Gasteiger partial charge in [0.2, 0.25) is 0 Å². The first-order chi connectivity index (χ1) is 12.3. The van der Waals surface area contributed by atoms with E-state index in [1.807, 2.05) is 24.3 Å². The van der Waals surface area contributed by atoms with Crippen LogP contribution in [0.25, 0.3) is 22.0 Å². The van der Waals surface area contributed by atoms with Crippen molar-refractivity contribution < 1.29 is 9.53 Å². The van der Waals surface area contributed by atoms with Gasteiger partial charge in [-0.3, -0.25) is 14.8 Å². The summed E-state index contributed by atoms with van der Waals surface area (Å²) in [5.74, 6) is -0.176. The van der Waals surface area contributed by atoms with E-state index in [0.717, 1.165) is 41.5 Å². The van der Waals surface area contributed by atoms with Gasteiger partial charge in [-0.1, -0.05) is 0 Å². The molecule has 1 atom stereocenters. The molecule has 1 aliphatic heterocycles. The number of aromatic nitrogens is 3. The average molecular weight is 334 g/mol. The van der Waals surface area contributed by atoms with E-state index in [1.54, 1.807) is 24.8 Å². The summed E-state index contributed by atoms with van der Waals surface area (Å²) in [5.41, 5.74) is 3.04. The number of carbonyl (C=O) groups excluding carboxylic acids is 1. The smallest absolute Gasteiger partial charge is 0.270 e. The molecule has 0 aromatic carbocycles. The Kier molecular flexibility index (Phi) is 4.35. The Hall–Kier alpha value is -2.86. The maximum Gasteiger partial charge on any atom is 0.270 e. The lowest BCUT2D eigenvalue weighted by molar-refractivity contribution is 0.0622. The van der Waals surface area contributed by atoms with Crippen molar-refractivity contribution in [3.05, 3.63) is 54.7 Å². The molecule has 3 aromatic heterocycles. The number of hydrogen-bond acceptors (Lipinski definition) is 5. The fourth-order valence-electron chi connectivity index (χ4n) is 3.07. The second kappa shape index (κ2) is 6.94. The Morgan fingerprint density at radius 2 is 2.00 bits per heavy atom. The van der Waals surface area contributed by atoms with Crippen LogP contribution in [0.5, 0.6) is 0 Å². The molecule has 4 rings (SSSR count). The van der Waals surface area contributed by atoms with Gasteiger partial charge in [0, 0.05) is 36.8 Å². The molecule has 0 spiro atoms. The van der Waals surface area contributed by atoms with Crippen molar-refractivity contribution in [2.24, 2.45) is 0 Å². The standard InChI is InChI=1S/C19H18N4O2/c24-19(22-14-2-1-9-25-12-14)18-10-15(13-3-6-20-7-4-13)16-11-21-8-5-17(16)23-18/h3-8,10-11,14H,1-2,9,12H2,(H,22,24). The molecule has 1 amide bonds. The Labute approximate surface area is 145 Å². The average Bonchev–Trinajstić information content (AvgIpc) is 2.68. The highest BCUT2D eigenvalue weighted by Crippen LogP contribution is 2.27. The normalized spacial score (nSPS) is 17.4. The molecule has 0 radical (unpaired) electrons. The van der Waals surface area contributed by atoms with E-state index in [0.29, 0.717) is 12.3 Å².